The summed E-state index contributed by atoms with van der Waals surface area (Å²) in [5.74, 6) is -0.592. The summed E-state index contributed by atoms with van der Waals surface area (Å²) in [6.07, 6.45) is 1.64. The summed E-state index contributed by atoms with van der Waals surface area (Å²) in [6.45, 7) is 2.91. The van der Waals surface area contributed by atoms with E-state index in [2.05, 4.69) is 15.7 Å². The Morgan fingerprint density at radius 2 is 1.68 bits per heavy atom. The average Bonchev–Trinajstić information content (AvgIpc) is 3.25. The molecule has 0 aliphatic heterocycles. The van der Waals surface area contributed by atoms with E-state index in [0.717, 1.165) is 11.1 Å². The Kier molecular flexibility index (Phi) is 6.03. The van der Waals surface area contributed by atoms with Crippen molar-refractivity contribution in [3.05, 3.63) is 84.1 Å². The molecule has 2 aromatic heterocycles. The lowest BCUT2D eigenvalue weighted by Gasteiger charge is -2.10. The van der Waals surface area contributed by atoms with Gasteiger partial charge in [-0.05, 0) is 18.6 Å². The van der Waals surface area contributed by atoms with Crippen LogP contribution in [0.25, 0.3) is 22.3 Å². The van der Waals surface area contributed by atoms with Crippen molar-refractivity contribution in [1.29, 1.82) is 0 Å². The van der Waals surface area contributed by atoms with Crippen molar-refractivity contribution < 1.29 is 9.59 Å². The van der Waals surface area contributed by atoms with E-state index in [0.29, 0.717) is 35.4 Å². The van der Waals surface area contributed by atoms with Crippen LogP contribution in [0.15, 0.2) is 72.9 Å². The van der Waals surface area contributed by atoms with Gasteiger partial charge in [0.05, 0.1) is 29.4 Å². The van der Waals surface area contributed by atoms with E-state index in [1.54, 1.807) is 16.9 Å². The molecule has 2 amide bonds. The van der Waals surface area contributed by atoms with E-state index in [4.69, 9.17) is 4.98 Å². The third-order valence-electron chi connectivity index (χ3n) is 4.96. The molecule has 2 heterocycles. The summed E-state index contributed by atoms with van der Waals surface area (Å²) < 4.78 is 1.76. The van der Waals surface area contributed by atoms with Crippen molar-refractivity contribution in [2.45, 2.75) is 20.0 Å². The highest BCUT2D eigenvalue weighted by atomic mass is 16.2. The minimum atomic E-state index is -0.338. The molecule has 4 rings (SSSR count). The van der Waals surface area contributed by atoms with E-state index >= 15 is 0 Å². The van der Waals surface area contributed by atoms with Crippen LogP contribution in [0, 0.1) is 0 Å². The van der Waals surface area contributed by atoms with Crippen LogP contribution in [0.2, 0.25) is 0 Å². The van der Waals surface area contributed by atoms with Crippen LogP contribution in [-0.4, -0.2) is 33.1 Å². The molecule has 7 heteroatoms. The van der Waals surface area contributed by atoms with Gasteiger partial charge in [-0.25, -0.2) is 9.67 Å². The normalized spacial score (nSPS) is 10.7. The van der Waals surface area contributed by atoms with Gasteiger partial charge in [-0.15, -0.1) is 0 Å². The summed E-state index contributed by atoms with van der Waals surface area (Å²) in [7, 11) is 0. The zero-order valence-corrected chi connectivity index (χ0v) is 17.2. The Morgan fingerprint density at radius 3 is 2.39 bits per heavy atom. The fourth-order valence-corrected chi connectivity index (χ4v) is 3.34. The number of amides is 2. The first-order chi connectivity index (χ1) is 15.2. The van der Waals surface area contributed by atoms with Crippen LogP contribution in [0.5, 0.6) is 0 Å². The molecule has 2 aromatic carbocycles. The number of hydrogen-bond acceptors (Lipinski definition) is 4. The highest BCUT2D eigenvalue weighted by Gasteiger charge is 2.17. The van der Waals surface area contributed by atoms with Gasteiger partial charge in [0.15, 0.2) is 5.65 Å². The van der Waals surface area contributed by atoms with Crippen molar-refractivity contribution in [3.63, 3.8) is 0 Å². The number of pyridine rings is 1. The molecule has 0 spiro atoms. The molecule has 0 aliphatic carbocycles. The maximum Gasteiger partial charge on any atom is 0.252 e. The second-order valence-electron chi connectivity index (χ2n) is 7.06. The molecule has 0 saturated heterocycles. The van der Waals surface area contributed by atoms with Gasteiger partial charge in [-0.1, -0.05) is 60.7 Å². The molecular formula is C24H23N5O2. The number of fused-ring (bicyclic) bond motifs is 1. The van der Waals surface area contributed by atoms with E-state index < -0.39 is 0 Å². The third kappa shape index (κ3) is 4.61. The molecule has 31 heavy (non-hydrogen) atoms. The molecule has 7 nitrogen and oxygen atoms in total. The smallest absolute Gasteiger partial charge is 0.252 e. The van der Waals surface area contributed by atoms with Crippen LogP contribution in [-0.2, 0) is 17.9 Å². The largest absolute Gasteiger partial charge is 0.350 e. The summed E-state index contributed by atoms with van der Waals surface area (Å²) >= 11 is 0. The van der Waals surface area contributed by atoms with Gasteiger partial charge in [-0.2, -0.15) is 5.10 Å². The summed E-state index contributed by atoms with van der Waals surface area (Å²) in [5.41, 5.74) is 3.67. The van der Waals surface area contributed by atoms with Gasteiger partial charge in [0.1, 0.15) is 0 Å². The Labute approximate surface area is 180 Å². The number of aryl methyl sites for hydroxylation is 1. The predicted octanol–water partition coefficient (Wildman–Crippen LogP) is 3.16. The van der Waals surface area contributed by atoms with Crippen molar-refractivity contribution >= 4 is 22.8 Å². The van der Waals surface area contributed by atoms with Crippen molar-refractivity contribution in [2.75, 3.05) is 6.54 Å². The number of aromatic nitrogens is 3. The van der Waals surface area contributed by atoms with Crippen LogP contribution < -0.4 is 10.6 Å². The SMILES string of the molecule is CCn1ncc2c(C(=O)NCC(=O)NCc3ccccc3)cc(-c3ccccc3)nc21. The van der Waals surface area contributed by atoms with E-state index in [1.807, 2.05) is 67.6 Å². The molecule has 4 aromatic rings. The maximum atomic E-state index is 13.0. The zero-order valence-electron chi connectivity index (χ0n) is 17.2. The van der Waals surface area contributed by atoms with Gasteiger partial charge in [0, 0.05) is 18.7 Å². The first-order valence-electron chi connectivity index (χ1n) is 10.2. The molecule has 0 bridgehead atoms. The Bertz CT molecular complexity index is 1200. The van der Waals surface area contributed by atoms with Gasteiger partial charge in [-0.3, -0.25) is 9.59 Å². The molecule has 0 aliphatic rings. The van der Waals surface area contributed by atoms with Crippen molar-refractivity contribution in [3.8, 4) is 11.3 Å². The lowest BCUT2D eigenvalue weighted by Crippen LogP contribution is -2.36. The Hall–Kier alpha value is -4.00. The molecule has 0 unspecified atom stereocenters. The van der Waals surface area contributed by atoms with Crippen molar-refractivity contribution in [1.82, 2.24) is 25.4 Å². The molecule has 0 radical (unpaired) electrons. The zero-order chi connectivity index (χ0) is 21.6. The summed E-state index contributed by atoms with van der Waals surface area (Å²) in [6, 6.07) is 21.0. The lowest BCUT2D eigenvalue weighted by atomic mass is 10.1. The topological polar surface area (TPSA) is 88.9 Å². The molecule has 2 N–H and O–H groups in total. The van der Waals surface area contributed by atoms with Crippen LogP contribution in [0.1, 0.15) is 22.8 Å². The van der Waals surface area contributed by atoms with Crippen LogP contribution in [0.3, 0.4) is 0 Å². The van der Waals surface area contributed by atoms with E-state index in [1.165, 1.54) is 0 Å². The third-order valence-corrected chi connectivity index (χ3v) is 4.96. The first kappa shape index (κ1) is 20.3. The second-order valence-corrected chi connectivity index (χ2v) is 7.06. The fraction of sp³-hybridized carbons (Fsp3) is 0.167. The molecule has 0 atom stereocenters. The Morgan fingerprint density at radius 1 is 0.968 bits per heavy atom. The molecule has 0 fully saturated rings. The summed E-state index contributed by atoms with van der Waals surface area (Å²) in [4.78, 5) is 29.9. The number of carbonyl (C=O) groups excluding carboxylic acids is 2. The molecule has 0 saturated carbocycles. The number of carbonyl (C=O) groups is 2. The second kappa shape index (κ2) is 9.21. The monoisotopic (exact) mass is 413 g/mol. The number of hydrogen-bond donors (Lipinski definition) is 2. The van der Waals surface area contributed by atoms with Crippen LogP contribution in [0.4, 0.5) is 0 Å². The molecule has 156 valence electrons. The number of rotatable bonds is 7. The fourth-order valence-electron chi connectivity index (χ4n) is 3.34. The number of benzene rings is 2. The average molecular weight is 413 g/mol. The van der Waals surface area contributed by atoms with Crippen LogP contribution >= 0.6 is 0 Å². The number of nitrogens with one attached hydrogen (secondary N) is 2. The summed E-state index contributed by atoms with van der Waals surface area (Å²) in [5, 5.41) is 10.5. The minimum absolute atomic E-state index is 0.113. The van der Waals surface area contributed by atoms with Gasteiger partial charge in [0.2, 0.25) is 5.91 Å². The lowest BCUT2D eigenvalue weighted by molar-refractivity contribution is -0.120. The first-order valence-corrected chi connectivity index (χ1v) is 10.2. The van der Waals surface area contributed by atoms with E-state index in [9.17, 15) is 9.59 Å². The number of nitrogens with zero attached hydrogens (tertiary/aromatic N) is 3. The van der Waals surface area contributed by atoms with Gasteiger partial charge in [0.25, 0.3) is 5.91 Å². The van der Waals surface area contributed by atoms with E-state index in [-0.39, 0.29) is 18.4 Å². The van der Waals surface area contributed by atoms with Crippen molar-refractivity contribution in [2.24, 2.45) is 0 Å². The highest BCUT2D eigenvalue weighted by Crippen LogP contribution is 2.24. The molecular weight excluding hydrogens is 390 g/mol. The minimum Gasteiger partial charge on any atom is -0.350 e. The highest BCUT2D eigenvalue weighted by molar-refractivity contribution is 6.07. The standard InChI is InChI=1S/C24H23N5O2/c1-2-29-23-20(15-27-29)19(13-21(28-23)18-11-7-4-8-12-18)24(31)26-16-22(30)25-14-17-9-5-3-6-10-17/h3-13,15H,2,14,16H2,1H3,(H,25,30)(H,26,31). The quantitative estimate of drug-likeness (QED) is 0.487. The Balaban J connectivity index is 1.53. The predicted molar refractivity (Wildman–Crippen MR) is 119 cm³/mol. The maximum absolute atomic E-state index is 13.0. The van der Waals surface area contributed by atoms with Gasteiger partial charge < -0.3 is 10.6 Å². The van der Waals surface area contributed by atoms with Gasteiger partial charge >= 0.3 is 0 Å².